The predicted octanol–water partition coefficient (Wildman–Crippen LogP) is 2.93. The van der Waals surface area contributed by atoms with Crippen LogP contribution in [0.2, 0.25) is 0 Å². The summed E-state index contributed by atoms with van der Waals surface area (Å²) >= 11 is 6.17. The fourth-order valence-corrected chi connectivity index (χ4v) is 1.42. The number of aromatic nitrogens is 1. The molecule has 0 fully saturated rings. The van der Waals surface area contributed by atoms with E-state index in [0.717, 1.165) is 16.5 Å². The SMILES string of the molecule is CCSc1ccc(N=C=S)cn1. The van der Waals surface area contributed by atoms with Crippen molar-refractivity contribution in [2.24, 2.45) is 4.99 Å². The van der Waals surface area contributed by atoms with Crippen LogP contribution in [0.25, 0.3) is 0 Å². The zero-order valence-corrected chi connectivity index (χ0v) is 8.28. The van der Waals surface area contributed by atoms with E-state index in [2.05, 4.69) is 34.3 Å². The fourth-order valence-electron chi connectivity index (χ4n) is 0.725. The molecule has 0 amide bonds. The average Bonchev–Trinajstić information content (AvgIpc) is 2.09. The Bertz CT molecular complexity index is 288. The van der Waals surface area contributed by atoms with Crippen molar-refractivity contribution in [3.8, 4) is 0 Å². The van der Waals surface area contributed by atoms with E-state index in [-0.39, 0.29) is 0 Å². The summed E-state index contributed by atoms with van der Waals surface area (Å²) in [5, 5.41) is 3.31. The molecule has 0 bridgehead atoms. The summed E-state index contributed by atoms with van der Waals surface area (Å²) in [5.74, 6) is 1.03. The van der Waals surface area contributed by atoms with Gasteiger partial charge >= 0.3 is 0 Å². The third-order valence-electron chi connectivity index (χ3n) is 1.19. The zero-order valence-electron chi connectivity index (χ0n) is 6.65. The van der Waals surface area contributed by atoms with Crippen molar-refractivity contribution in [2.75, 3.05) is 5.75 Å². The van der Waals surface area contributed by atoms with E-state index in [4.69, 9.17) is 0 Å². The van der Waals surface area contributed by atoms with Crippen LogP contribution in [0.15, 0.2) is 28.3 Å². The lowest BCUT2D eigenvalue weighted by Crippen LogP contribution is -1.77. The number of nitrogens with zero attached hydrogens (tertiary/aromatic N) is 2. The summed E-state index contributed by atoms with van der Waals surface area (Å²) in [4.78, 5) is 7.97. The molecule has 1 rings (SSSR count). The highest BCUT2D eigenvalue weighted by atomic mass is 32.2. The van der Waals surface area contributed by atoms with Crippen LogP contribution >= 0.6 is 24.0 Å². The summed E-state index contributed by atoms with van der Waals surface area (Å²) in [7, 11) is 0. The molecular weight excluding hydrogens is 188 g/mol. The number of aliphatic imine (C=N–C) groups is 1. The van der Waals surface area contributed by atoms with Gasteiger partial charge in [-0.2, -0.15) is 4.99 Å². The Labute approximate surface area is 81.1 Å². The Morgan fingerprint density at radius 2 is 2.50 bits per heavy atom. The first kappa shape index (κ1) is 9.39. The number of thiocarbonyl (C=S) groups is 1. The first-order valence-electron chi connectivity index (χ1n) is 3.53. The molecule has 0 spiro atoms. The van der Waals surface area contributed by atoms with Crippen LogP contribution in [-0.2, 0) is 0 Å². The van der Waals surface area contributed by atoms with Gasteiger partial charge in [-0.3, -0.25) is 0 Å². The highest BCUT2D eigenvalue weighted by Crippen LogP contribution is 2.17. The Hall–Kier alpha value is -0.700. The molecule has 62 valence electrons. The van der Waals surface area contributed by atoms with Crippen molar-refractivity contribution in [2.45, 2.75) is 11.9 Å². The fraction of sp³-hybridized carbons (Fsp3) is 0.250. The Morgan fingerprint density at radius 3 is 3.00 bits per heavy atom. The smallest absolute Gasteiger partial charge is 0.0961 e. The van der Waals surface area contributed by atoms with Gasteiger partial charge in [0.15, 0.2) is 0 Å². The maximum absolute atomic E-state index is 4.47. The molecule has 0 unspecified atom stereocenters. The molecule has 0 N–H and O–H groups in total. The van der Waals surface area contributed by atoms with Crippen LogP contribution in [0.3, 0.4) is 0 Å². The van der Waals surface area contributed by atoms with Crippen LogP contribution < -0.4 is 0 Å². The second-order valence-corrected chi connectivity index (χ2v) is 3.46. The number of thioether (sulfide) groups is 1. The number of isothiocyanates is 1. The van der Waals surface area contributed by atoms with Gasteiger partial charge in [0.05, 0.1) is 22.1 Å². The lowest BCUT2D eigenvalue weighted by atomic mass is 10.4. The Balaban J connectivity index is 2.77. The predicted molar refractivity (Wildman–Crippen MR) is 55.3 cm³/mol. The van der Waals surface area contributed by atoms with E-state index < -0.39 is 0 Å². The van der Waals surface area contributed by atoms with Crippen LogP contribution in [0.5, 0.6) is 0 Å². The van der Waals surface area contributed by atoms with E-state index >= 15 is 0 Å². The van der Waals surface area contributed by atoms with Crippen molar-refractivity contribution in [1.29, 1.82) is 0 Å². The monoisotopic (exact) mass is 196 g/mol. The lowest BCUT2D eigenvalue weighted by Gasteiger charge is -1.95. The molecule has 4 heteroatoms. The van der Waals surface area contributed by atoms with E-state index in [1.54, 1.807) is 18.0 Å². The molecule has 0 aliphatic heterocycles. The average molecular weight is 196 g/mol. The molecule has 1 aromatic heterocycles. The van der Waals surface area contributed by atoms with Crippen LogP contribution in [0, 0.1) is 0 Å². The molecule has 0 aliphatic carbocycles. The third kappa shape index (κ3) is 2.74. The zero-order chi connectivity index (χ0) is 8.81. The molecule has 0 aromatic carbocycles. The summed E-state index contributed by atoms with van der Waals surface area (Å²) in [6, 6.07) is 3.81. The van der Waals surface area contributed by atoms with Crippen molar-refractivity contribution < 1.29 is 0 Å². The topological polar surface area (TPSA) is 25.2 Å². The lowest BCUT2D eigenvalue weighted by molar-refractivity contribution is 1.13. The van der Waals surface area contributed by atoms with Gasteiger partial charge < -0.3 is 0 Å². The van der Waals surface area contributed by atoms with Crippen molar-refractivity contribution in [3.63, 3.8) is 0 Å². The molecular formula is C8H8N2S2. The van der Waals surface area contributed by atoms with E-state index in [0.29, 0.717) is 0 Å². The molecule has 1 aromatic rings. The van der Waals surface area contributed by atoms with Gasteiger partial charge in [-0.05, 0) is 30.1 Å². The van der Waals surface area contributed by atoms with Crippen molar-refractivity contribution in [3.05, 3.63) is 18.3 Å². The van der Waals surface area contributed by atoms with Crippen LogP contribution in [0.1, 0.15) is 6.92 Å². The first-order valence-corrected chi connectivity index (χ1v) is 4.93. The summed E-state index contributed by atoms with van der Waals surface area (Å²) in [5.41, 5.74) is 0.755. The van der Waals surface area contributed by atoms with Gasteiger partial charge in [0, 0.05) is 0 Å². The van der Waals surface area contributed by atoms with Gasteiger partial charge in [-0.15, -0.1) is 11.8 Å². The van der Waals surface area contributed by atoms with E-state index in [9.17, 15) is 0 Å². The molecule has 12 heavy (non-hydrogen) atoms. The Kier molecular flexibility index (Phi) is 3.94. The van der Waals surface area contributed by atoms with Gasteiger partial charge in [0.2, 0.25) is 0 Å². The molecule has 0 saturated heterocycles. The molecule has 0 saturated carbocycles. The van der Waals surface area contributed by atoms with E-state index in [1.807, 2.05) is 12.1 Å². The third-order valence-corrected chi connectivity index (χ3v) is 2.10. The summed E-state index contributed by atoms with van der Waals surface area (Å²) in [6.45, 7) is 2.09. The minimum atomic E-state index is 0.755. The summed E-state index contributed by atoms with van der Waals surface area (Å²) in [6.07, 6.45) is 1.69. The molecule has 1 heterocycles. The second-order valence-electron chi connectivity index (χ2n) is 1.99. The Morgan fingerprint density at radius 1 is 1.67 bits per heavy atom. The van der Waals surface area contributed by atoms with Gasteiger partial charge in [0.25, 0.3) is 0 Å². The minimum absolute atomic E-state index is 0.755. The largest absolute Gasteiger partial charge is 0.248 e. The quantitative estimate of drug-likeness (QED) is 0.422. The van der Waals surface area contributed by atoms with E-state index in [1.165, 1.54) is 0 Å². The molecule has 0 aliphatic rings. The molecule has 0 atom stereocenters. The highest BCUT2D eigenvalue weighted by Gasteiger charge is 1.92. The standard InChI is InChI=1S/C8H8N2S2/c1-2-12-8-4-3-7(5-9-8)10-6-11/h3-5H,2H2,1H3. The van der Waals surface area contributed by atoms with Crippen LogP contribution in [0.4, 0.5) is 5.69 Å². The number of hydrogen-bond acceptors (Lipinski definition) is 4. The number of pyridine rings is 1. The number of rotatable bonds is 3. The maximum atomic E-state index is 4.47. The van der Waals surface area contributed by atoms with Gasteiger partial charge in [-0.1, -0.05) is 6.92 Å². The maximum Gasteiger partial charge on any atom is 0.0961 e. The minimum Gasteiger partial charge on any atom is -0.248 e. The second kappa shape index (κ2) is 5.04. The van der Waals surface area contributed by atoms with Crippen LogP contribution in [-0.4, -0.2) is 15.9 Å². The number of hydrogen-bond donors (Lipinski definition) is 0. The van der Waals surface area contributed by atoms with Crippen molar-refractivity contribution >= 4 is 34.8 Å². The highest BCUT2D eigenvalue weighted by molar-refractivity contribution is 7.99. The van der Waals surface area contributed by atoms with Crippen molar-refractivity contribution in [1.82, 2.24) is 4.98 Å². The van der Waals surface area contributed by atoms with Gasteiger partial charge in [0.1, 0.15) is 0 Å². The normalized spacial score (nSPS) is 9.08. The molecule has 0 radical (unpaired) electrons. The van der Waals surface area contributed by atoms with Gasteiger partial charge in [-0.25, -0.2) is 4.98 Å². The first-order chi connectivity index (χ1) is 5.86. The summed E-state index contributed by atoms with van der Waals surface area (Å²) < 4.78 is 0. The molecule has 2 nitrogen and oxygen atoms in total.